The van der Waals surface area contributed by atoms with Crippen molar-refractivity contribution >= 4 is 29.1 Å². The van der Waals surface area contributed by atoms with Gasteiger partial charge < -0.3 is 20.1 Å². The molecule has 3 aromatic rings. The minimum Gasteiger partial charge on any atom is -0.497 e. The molecule has 0 fully saturated rings. The zero-order valence-electron chi connectivity index (χ0n) is 15.3. The number of hydrogen-bond acceptors (Lipinski definition) is 7. The van der Waals surface area contributed by atoms with Crippen LogP contribution in [0.25, 0.3) is 0 Å². The Morgan fingerprint density at radius 2 is 1.54 bits per heavy atom. The van der Waals surface area contributed by atoms with Crippen molar-refractivity contribution in [2.45, 2.75) is 0 Å². The van der Waals surface area contributed by atoms with Crippen molar-refractivity contribution in [3.8, 4) is 5.75 Å². The maximum Gasteiger partial charge on any atom is 0.337 e. The first-order valence-corrected chi connectivity index (χ1v) is 8.32. The van der Waals surface area contributed by atoms with Crippen LogP contribution in [0.1, 0.15) is 20.8 Å². The molecule has 0 aliphatic rings. The fraction of sp³-hybridized carbons (Fsp3) is 0.100. The Balaban J connectivity index is 1.62. The Morgan fingerprint density at radius 3 is 2.11 bits per heavy atom. The van der Waals surface area contributed by atoms with Gasteiger partial charge in [0.2, 0.25) is 0 Å². The summed E-state index contributed by atoms with van der Waals surface area (Å²) in [6.07, 6.45) is 2.83. The first-order chi connectivity index (χ1) is 13.6. The number of ether oxygens (including phenoxy) is 2. The third-order valence-corrected chi connectivity index (χ3v) is 3.81. The molecule has 1 heterocycles. The molecule has 0 aliphatic carbocycles. The van der Waals surface area contributed by atoms with Gasteiger partial charge in [0.1, 0.15) is 17.3 Å². The summed E-state index contributed by atoms with van der Waals surface area (Å²) in [6.45, 7) is 0. The van der Waals surface area contributed by atoms with Gasteiger partial charge in [0.15, 0.2) is 0 Å². The van der Waals surface area contributed by atoms with Crippen LogP contribution in [0.3, 0.4) is 0 Å². The second-order valence-electron chi connectivity index (χ2n) is 5.66. The lowest BCUT2D eigenvalue weighted by atomic mass is 10.2. The molecule has 2 N–H and O–H groups in total. The summed E-state index contributed by atoms with van der Waals surface area (Å²) in [6, 6.07) is 13.7. The van der Waals surface area contributed by atoms with Gasteiger partial charge >= 0.3 is 5.97 Å². The second kappa shape index (κ2) is 8.63. The number of methoxy groups -OCH3 is 2. The molecule has 0 unspecified atom stereocenters. The van der Waals surface area contributed by atoms with Crippen LogP contribution < -0.4 is 15.4 Å². The number of nitrogens with one attached hydrogen (secondary N) is 2. The number of rotatable bonds is 6. The molecule has 8 heteroatoms. The van der Waals surface area contributed by atoms with Crippen molar-refractivity contribution in [2.75, 3.05) is 24.9 Å². The lowest BCUT2D eigenvalue weighted by Crippen LogP contribution is -2.14. The molecule has 0 saturated carbocycles. The third kappa shape index (κ3) is 4.61. The van der Waals surface area contributed by atoms with E-state index in [1.54, 1.807) is 55.6 Å². The molecular formula is C20H18N4O4. The minimum atomic E-state index is -0.404. The van der Waals surface area contributed by atoms with Gasteiger partial charge in [0.25, 0.3) is 5.91 Å². The third-order valence-electron chi connectivity index (χ3n) is 3.81. The molecule has 28 heavy (non-hydrogen) atoms. The quantitative estimate of drug-likeness (QED) is 0.635. The van der Waals surface area contributed by atoms with Crippen LogP contribution in [-0.4, -0.2) is 36.1 Å². The SMILES string of the molecule is COC(=O)c1ccc(Nc2cnc(C(=O)Nc3ccc(OC)cc3)cn2)cc1. The predicted molar refractivity (Wildman–Crippen MR) is 104 cm³/mol. The molecule has 2 aromatic carbocycles. The van der Waals surface area contributed by atoms with Crippen LogP contribution in [0.4, 0.5) is 17.2 Å². The van der Waals surface area contributed by atoms with Crippen molar-refractivity contribution in [2.24, 2.45) is 0 Å². The number of benzene rings is 2. The Morgan fingerprint density at radius 1 is 0.857 bits per heavy atom. The van der Waals surface area contributed by atoms with E-state index in [0.29, 0.717) is 22.8 Å². The Labute approximate surface area is 161 Å². The number of nitrogens with zero attached hydrogens (tertiary/aromatic N) is 2. The second-order valence-corrected chi connectivity index (χ2v) is 5.66. The molecule has 0 atom stereocenters. The van der Waals surface area contributed by atoms with Crippen molar-refractivity contribution in [3.63, 3.8) is 0 Å². The van der Waals surface area contributed by atoms with Crippen molar-refractivity contribution in [3.05, 3.63) is 72.2 Å². The zero-order valence-corrected chi connectivity index (χ0v) is 15.3. The maximum absolute atomic E-state index is 12.3. The predicted octanol–water partition coefficient (Wildman–Crippen LogP) is 3.27. The molecule has 0 radical (unpaired) electrons. The number of aromatic nitrogens is 2. The van der Waals surface area contributed by atoms with E-state index in [1.165, 1.54) is 19.5 Å². The smallest absolute Gasteiger partial charge is 0.337 e. The average Bonchev–Trinajstić information content (AvgIpc) is 2.74. The fourth-order valence-corrected chi connectivity index (χ4v) is 2.33. The minimum absolute atomic E-state index is 0.183. The largest absolute Gasteiger partial charge is 0.497 e. The molecule has 8 nitrogen and oxygen atoms in total. The van der Waals surface area contributed by atoms with E-state index < -0.39 is 5.97 Å². The van der Waals surface area contributed by atoms with Gasteiger partial charge in [-0.3, -0.25) is 4.79 Å². The van der Waals surface area contributed by atoms with Gasteiger partial charge in [0, 0.05) is 11.4 Å². The van der Waals surface area contributed by atoms with Gasteiger partial charge in [-0.05, 0) is 48.5 Å². The summed E-state index contributed by atoms with van der Waals surface area (Å²) in [5, 5.41) is 5.79. The molecule has 0 bridgehead atoms. The highest BCUT2D eigenvalue weighted by Crippen LogP contribution is 2.17. The molecule has 0 saturated heterocycles. The lowest BCUT2D eigenvalue weighted by Gasteiger charge is -2.08. The summed E-state index contributed by atoms with van der Waals surface area (Å²) in [7, 11) is 2.91. The first kappa shape index (κ1) is 18.8. The first-order valence-electron chi connectivity index (χ1n) is 8.32. The highest BCUT2D eigenvalue weighted by molar-refractivity contribution is 6.02. The van der Waals surface area contributed by atoms with Crippen LogP contribution in [-0.2, 0) is 4.74 Å². The highest BCUT2D eigenvalue weighted by Gasteiger charge is 2.09. The van der Waals surface area contributed by atoms with E-state index in [9.17, 15) is 9.59 Å². The summed E-state index contributed by atoms with van der Waals surface area (Å²) >= 11 is 0. The van der Waals surface area contributed by atoms with Crippen LogP contribution in [0.5, 0.6) is 5.75 Å². The number of hydrogen-bond donors (Lipinski definition) is 2. The average molecular weight is 378 g/mol. The number of carbonyl (C=O) groups excluding carboxylic acids is 2. The maximum atomic E-state index is 12.3. The molecular weight excluding hydrogens is 360 g/mol. The summed E-state index contributed by atoms with van der Waals surface area (Å²) in [5.41, 5.74) is 1.98. The summed E-state index contributed by atoms with van der Waals surface area (Å²) < 4.78 is 9.74. The molecule has 0 aliphatic heterocycles. The van der Waals surface area contributed by atoms with Gasteiger partial charge in [-0.2, -0.15) is 0 Å². The Kier molecular flexibility index (Phi) is 5.81. The van der Waals surface area contributed by atoms with Crippen molar-refractivity contribution < 1.29 is 19.1 Å². The van der Waals surface area contributed by atoms with Crippen molar-refractivity contribution in [1.29, 1.82) is 0 Å². The van der Waals surface area contributed by atoms with Crippen LogP contribution in [0.15, 0.2) is 60.9 Å². The molecule has 0 spiro atoms. The van der Waals surface area contributed by atoms with Crippen molar-refractivity contribution in [1.82, 2.24) is 9.97 Å². The molecule has 142 valence electrons. The Hall–Kier alpha value is -3.94. The van der Waals surface area contributed by atoms with Gasteiger partial charge in [-0.15, -0.1) is 0 Å². The van der Waals surface area contributed by atoms with Gasteiger partial charge in [-0.25, -0.2) is 14.8 Å². The van der Waals surface area contributed by atoms with E-state index >= 15 is 0 Å². The topological polar surface area (TPSA) is 102 Å². The standard InChI is InChI=1S/C20H18N4O4/c1-27-16-9-7-15(8-10-16)24-19(25)17-11-22-18(12-21-17)23-14-5-3-13(4-6-14)20(26)28-2/h3-12H,1-2H3,(H,22,23)(H,24,25). The zero-order chi connectivity index (χ0) is 19.9. The van der Waals surface area contributed by atoms with Crippen LogP contribution in [0.2, 0.25) is 0 Å². The van der Waals surface area contributed by atoms with Crippen LogP contribution >= 0.6 is 0 Å². The van der Waals surface area contributed by atoms with E-state index in [-0.39, 0.29) is 11.6 Å². The normalized spacial score (nSPS) is 10.1. The number of carbonyl (C=O) groups is 2. The van der Waals surface area contributed by atoms with Crippen LogP contribution in [0, 0.1) is 0 Å². The highest BCUT2D eigenvalue weighted by atomic mass is 16.5. The number of amides is 1. The number of esters is 1. The summed E-state index contributed by atoms with van der Waals surface area (Å²) in [5.74, 6) is 0.393. The van der Waals surface area contributed by atoms with Gasteiger partial charge in [0.05, 0.1) is 32.2 Å². The Bertz CT molecular complexity index is 955. The molecule has 1 amide bonds. The lowest BCUT2D eigenvalue weighted by molar-refractivity contribution is 0.0600. The monoisotopic (exact) mass is 378 g/mol. The van der Waals surface area contributed by atoms with E-state index in [4.69, 9.17) is 4.74 Å². The molecule has 1 aromatic heterocycles. The van der Waals surface area contributed by atoms with E-state index in [2.05, 4.69) is 25.3 Å². The van der Waals surface area contributed by atoms with E-state index in [1.807, 2.05) is 0 Å². The summed E-state index contributed by atoms with van der Waals surface area (Å²) in [4.78, 5) is 32.0. The number of anilines is 3. The molecule has 3 rings (SSSR count). The fourth-order valence-electron chi connectivity index (χ4n) is 2.33. The van der Waals surface area contributed by atoms with E-state index in [0.717, 1.165) is 5.69 Å². The van der Waals surface area contributed by atoms with Gasteiger partial charge in [-0.1, -0.05) is 0 Å².